The van der Waals surface area contributed by atoms with Crippen molar-refractivity contribution in [3.8, 4) is 5.75 Å². The molecule has 29 heavy (non-hydrogen) atoms. The van der Waals surface area contributed by atoms with Gasteiger partial charge in [-0.3, -0.25) is 0 Å². The minimum absolute atomic E-state index is 0.110. The van der Waals surface area contributed by atoms with Crippen LogP contribution in [0.25, 0.3) is 0 Å². The van der Waals surface area contributed by atoms with Crippen LogP contribution >= 0.6 is 0 Å². The van der Waals surface area contributed by atoms with Gasteiger partial charge < -0.3 is 20.1 Å². The highest BCUT2D eigenvalue weighted by molar-refractivity contribution is 5.60. The molecule has 152 valence electrons. The fourth-order valence-corrected chi connectivity index (χ4v) is 2.61. The van der Waals surface area contributed by atoms with Crippen LogP contribution in [-0.4, -0.2) is 30.3 Å². The summed E-state index contributed by atoms with van der Waals surface area (Å²) >= 11 is 0. The molecule has 2 N–H and O–H groups in total. The fraction of sp³-hybridized carbons (Fsp3) is 0.273. The van der Waals surface area contributed by atoms with Crippen LogP contribution < -0.4 is 15.4 Å². The molecular formula is C22H25FN4O2. The fourth-order valence-electron chi connectivity index (χ4n) is 2.61. The Morgan fingerprint density at radius 3 is 2.24 bits per heavy atom. The first-order valence-corrected chi connectivity index (χ1v) is 9.43. The molecule has 1 aromatic heterocycles. The maximum atomic E-state index is 14.2. The van der Waals surface area contributed by atoms with Gasteiger partial charge in [0.15, 0.2) is 11.6 Å². The molecule has 0 aliphatic rings. The Morgan fingerprint density at radius 2 is 1.59 bits per heavy atom. The normalized spacial score (nSPS) is 10.8. The van der Waals surface area contributed by atoms with Crippen LogP contribution in [0.15, 0.2) is 54.7 Å². The zero-order valence-corrected chi connectivity index (χ0v) is 16.8. The van der Waals surface area contributed by atoms with E-state index >= 15 is 0 Å². The van der Waals surface area contributed by atoms with Gasteiger partial charge in [-0.2, -0.15) is 4.98 Å². The average Bonchev–Trinajstić information content (AvgIpc) is 2.72. The third kappa shape index (κ3) is 5.89. The van der Waals surface area contributed by atoms with E-state index in [4.69, 9.17) is 9.47 Å². The number of hydrogen-bond acceptors (Lipinski definition) is 6. The number of rotatable bonds is 9. The topological polar surface area (TPSA) is 68.3 Å². The van der Waals surface area contributed by atoms with Gasteiger partial charge in [-0.15, -0.1) is 0 Å². The maximum Gasteiger partial charge on any atom is 0.229 e. The maximum absolute atomic E-state index is 14.2. The smallest absolute Gasteiger partial charge is 0.229 e. The molecule has 0 saturated carbocycles. The quantitative estimate of drug-likeness (QED) is 0.482. The van der Waals surface area contributed by atoms with Gasteiger partial charge in [-0.25, -0.2) is 9.37 Å². The molecule has 0 spiro atoms. The lowest BCUT2D eigenvalue weighted by atomic mass is 10.0. The van der Waals surface area contributed by atoms with Crippen LogP contribution in [0.5, 0.6) is 5.75 Å². The zero-order chi connectivity index (χ0) is 20.6. The lowest BCUT2D eigenvalue weighted by Gasteiger charge is -2.11. The second-order valence-corrected chi connectivity index (χ2v) is 6.78. The van der Waals surface area contributed by atoms with E-state index in [1.165, 1.54) is 5.56 Å². The zero-order valence-electron chi connectivity index (χ0n) is 16.8. The van der Waals surface area contributed by atoms with Gasteiger partial charge in [-0.05, 0) is 47.9 Å². The molecule has 2 aromatic carbocycles. The van der Waals surface area contributed by atoms with Crippen molar-refractivity contribution in [3.05, 3.63) is 66.1 Å². The molecule has 0 radical (unpaired) electrons. The average molecular weight is 396 g/mol. The number of nitrogens with zero attached hydrogens (tertiary/aromatic N) is 2. The Bertz CT molecular complexity index is 915. The molecule has 0 aliphatic carbocycles. The third-order valence-corrected chi connectivity index (χ3v) is 4.25. The molecule has 0 atom stereocenters. The van der Waals surface area contributed by atoms with E-state index in [9.17, 15) is 4.39 Å². The molecule has 1 heterocycles. The SMILES string of the molecule is COCCOc1ccc(Nc2ncc(F)c(Nc3ccc(C(C)C)cc3)n2)cc1. The largest absolute Gasteiger partial charge is 0.491 e. The van der Waals surface area contributed by atoms with Crippen LogP contribution in [0.2, 0.25) is 0 Å². The van der Waals surface area contributed by atoms with Gasteiger partial charge in [0, 0.05) is 18.5 Å². The summed E-state index contributed by atoms with van der Waals surface area (Å²) in [6, 6.07) is 15.2. The molecule has 3 aromatic rings. The molecule has 0 amide bonds. The number of benzene rings is 2. The molecule has 0 fully saturated rings. The van der Waals surface area contributed by atoms with Crippen molar-refractivity contribution in [1.82, 2.24) is 9.97 Å². The molecule has 0 unspecified atom stereocenters. The molecule has 0 aliphatic heterocycles. The number of aromatic nitrogens is 2. The molecule has 7 heteroatoms. The Labute approximate surface area is 170 Å². The van der Waals surface area contributed by atoms with E-state index in [0.717, 1.165) is 23.3 Å². The predicted octanol–water partition coefficient (Wildman–Crippen LogP) is 5.25. The van der Waals surface area contributed by atoms with E-state index in [1.54, 1.807) is 7.11 Å². The predicted molar refractivity (Wildman–Crippen MR) is 113 cm³/mol. The van der Waals surface area contributed by atoms with E-state index in [2.05, 4.69) is 34.4 Å². The van der Waals surface area contributed by atoms with Gasteiger partial charge >= 0.3 is 0 Å². The van der Waals surface area contributed by atoms with Crippen molar-refractivity contribution in [2.24, 2.45) is 0 Å². The summed E-state index contributed by atoms with van der Waals surface area (Å²) in [5, 5.41) is 6.07. The highest BCUT2D eigenvalue weighted by Crippen LogP contribution is 2.23. The highest BCUT2D eigenvalue weighted by atomic mass is 19.1. The summed E-state index contributed by atoms with van der Waals surface area (Å²) < 4.78 is 24.6. The Balaban J connectivity index is 1.67. The number of anilines is 4. The molecular weight excluding hydrogens is 371 g/mol. The number of ether oxygens (including phenoxy) is 2. The van der Waals surface area contributed by atoms with Crippen LogP contribution in [0, 0.1) is 5.82 Å². The van der Waals surface area contributed by atoms with Crippen LogP contribution in [0.1, 0.15) is 25.3 Å². The summed E-state index contributed by atoms with van der Waals surface area (Å²) in [6.07, 6.45) is 1.14. The summed E-state index contributed by atoms with van der Waals surface area (Å²) in [5.74, 6) is 1.05. The highest BCUT2D eigenvalue weighted by Gasteiger charge is 2.08. The second-order valence-electron chi connectivity index (χ2n) is 6.78. The van der Waals surface area contributed by atoms with Gasteiger partial charge in [0.25, 0.3) is 0 Å². The van der Waals surface area contributed by atoms with Gasteiger partial charge in [0.05, 0.1) is 12.8 Å². The van der Waals surface area contributed by atoms with Crippen LogP contribution in [-0.2, 0) is 4.74 Å². The van der Waals surface area contributed by atoms with E-state index in [1.807, 2.05) is 48.5 Å². The van der Waals surface area contributed by atoms with Crippen molar-refractivity contribution in [2.45, 2.75) is 19.8 Å². The van der Waals surface area contributed by atoms with Crippen molar-refractivity contribution in [1.29, 1.82) is 0 Å². The van der Waals surface area contributed by atoms with Gasteiger partial charge in [0.1, 0.15) is 12.4 Å². The number of methoxy groups -OCH3 is 1. The first-order valence-electron chi connectivity index (χ1n) is 9.43. The minimum Gasteiger partial charge on any atom is -0.491 e. The van der Waals surface area contributed by atoms with Crippen molar-refractivity contribution in [2.75, 3.05) is 31.0 Å². The molecule has 0 bridgehead atoms. The summed E-state index contributed by atoms with van der Waals surface area (Å²) in [4.78, 5) is 8.26. The van der Waals surface area contributed by atoms with E-state index < -0.39 is 5.82 Å². The number of hydrogen-bond donors (Lipinski definition) is 2. The van der Waals surface area contributed by atoms with Crippen molar-refractivity contribution >= 4 is 23.1 Å². The second kappa shape index (κ2) is 9.84. The first-order chi connectivity index (χ1) is 14.0. The van der Waals surface area contributed by atoms with Gasteiger partial charge in [-0.1, -0.05) is 26.0 Å². The monoisotopic (exact) mass is 396 g/mol. The van der Waals surface area contributed by atoms with Crippen LogP contribution in [0.3, 0.4) is 0 Å². The third-order valence-electron chi connectivity index (χ3n) is 4.25. The van der Waals surface area contributed by atoms with Crippen molar-refractivity contribution in [3.63, 3.8) is 0 Å². The Kier molecular flexibility index (Phi) is 6.97. The molecule has 6 nitrogen and oxygen atoms in total. The Morgan fingerprint density at radius 1 is 0.931 bits per heavy atom. The number of halogens is 1. The summed E-state index contributed by atoms with van der Waals surface area (Å²) in [7, 11) is 1.63. The Hall–Kier alpha value is -3.19. The summed E-state index contributed by atoms with van der Waals surface area (Å²) in [6.45, 7) is 5.27. The van der Waals surface area contributed by atoms with E-state index in [0.29, 0.717) is 25.1 Å². The summed E-state index contributed by atoms with van der Waals surface area (Å²) in [5.41, 5.74) is 2.74. The molecule has 3 rings (SSSR count). The molecule has 0 saturated heterocycles. The standard InChI is InChI=1S/C22H25FN4O2/c1-15(2)16-4-6-17(7-5-16)25-21-20(23)14-24-22(27-21)26-18-8-10-19(11-9-18)29-13-12-28-3/h4-11,14-15H,12-13H2,1-3H3,(H2,24,25,26,27). The van der Waals surface area contributed by atoms with Crippen molar-refractivity contribution < 1.29 is 13.9 Å². The van der Waals surface area contributed by atoms with Crippen LogP contribution in [0.4, 0.5) is 27.5 Å². The lowest BCUT2D eigenvalue weighted by Crippen LogP contribution is -2.05. The lowest BCUT2D eigenvalue weighted by molar-refractivity contribution is 0.146. The van der Waals surface area contributed by atoms with E-state index in [-0.39, 0.29) is 5.82 Å². The van der Waals surface area contributed by atoms with Gasteiger partial charge in [0.2, 0.25) is 5.95 Å². The first kappa shape index (κ1) is 20.5. The number of nitrogens with one attached hydrogen (secondary N) is 2. The minimum atomic E-state index is -0.523.